The zero-order valence-corrected chi connectivity index (χ0v) is 18.5. The summed E-state index contributed by atoms with van der Waals surface area (Å²) >= 11 is 0. The Hall–Kier alpha value is -0.120. The number of nitrogens with zero attached hydrogens (tertiary/aromatic N) is 2. The molecule has 3 fully saturated rings. The fraction of sp³-hybridized carbons (Fsp3) is 0.947. The molecule has 3 rings (SSSR count). The fourth-order valence-corrected chi connectivity index (χ4v) is 3.63. The largest absolute Gasteiger partial charge is 0.396 e. The molecule has 152 valence electrons. The molecule has 1 atom stereocenters. The Bertz CT molecular complexity index is 432. The number of hydrogen-bond acceptors (Lipinski definition) is 4. The molecule has 3 aliphatic rings. The number of halogens is 1. The van der Waals surface area contributed by atoms with E-state index in [1.807, 2.05) is 0 Å². The number of guanidine groups is 1. The number of ether oxygens (including phenoxy) is 2. The van der Waals surface area contributed by atoms with E-state index in [0.29, 0.717) is 12.2 Å². The molecule has 2 heterocycles. The Morgan fingerprint density at radius 3 is 2.62 bits per heavy atom. The first-order valence-corrected chi connectivity index (χ1v) is 10.1. The van der Waals surface area contributed by atoms with Gasteiger partial charge in [0.25, 0.3) is 0 Å². The molecule has 0 aromatic rings. The summed E-state index contributed by atoms with van der Waals surface area (Å²) in [5.74, 6) is 0.997. The van der Waals surface area contributed by atoms with Crippen molar-refractivity contribution in [2.24, 2.45) is 10.4 Å². The number of hydrogen-bond donors (Lipinski definition) is 2. The summed E-state index contributed by atoms with van der Waals surface area (Å²) in [6.07, 6.45) is 8.55. The van der Waals surface area contributed by atoms with Crippen LogP contribution in [0.2, 0.25) is 0 Å². The van der Waals surface area contributed by atoms with Crippen molar-refractivity contribution in [2.75, 3.05) is 46.0 Å². The standard InChI is InChI=1S/C19H35N3O3.HI/c1-2-20-18(21-14-19(15-23)8-9-19)22-10-6-16(7-11-22)25-13-17-5-3-4-12-24-17;/h16-17,23H,2-15H2,1H3,(H,20,21);1H. The summed E-state index contributed by atoms with van der Waals surface area (Å²) in [6.45, 7) is 7.58. The van der Waals surface area contributed by atoms with E-state index < -0.39 is 0 Å². The third-order valence-electron chi connectivity index (χ3n) is 5.72. The van der Waals surface area contributed by atoms with Gasteiger partial charge in [-0.2, -0.15) is 0 Å². The summed E-state index contributed by atoms with van der Waals surface area (Å²) in [5.41, 5.74) is 0.0715. The summed E-state index contributed by atoms with van der Waals surface area (Å²) in [5, 5.41) is 12.9. The van der Waals surface area contributed by atoms with Crippen LogP contribution in [0.3, 0.4) is 0 Å². The number of nitrogens with one attached hydrogen (secondary N) is 1. The van der Waals surface area contributed by atoms with Gasteiger partial charge in [0.15, 0.2) is 5.96 Å². The van der Waals surface area contributed by atoms with E-state index in [9.17, 15) is 5.11 Å². The molecule has 2 aliphatic heterocycles. The molecule has 0 aromatic heterocycles. The van der Waals surface area contributed by atoms with Crippen LogP contribution in [0.1, 0.15) is 51.9 Å². The second-order valence-corrected chi connectivity index (χ2v) is 7.84. The summed E-state index contributed by atoms with van der Waals surface area (Å²) in [6, 6.07) is 0. The van der Waals surface area contributed by atoms with Gasteiger partial charge in [0, 0.05) is 31.7 Å². The van der Waals surface area contributed by atoms with Crippen LogP contribution in [-0.2, 0) is 9.47 Å². The molecule has 0 bridgehead atoms. The lowest BCUT2D eigenvalue weighted by molar-refractivity contribution is -0.0721. The van der Waals surface area contributed by atoms with E-state index in [1.54, 1.807) is 0 Å². The molecule has 26 heavy (non-hydrogen) atoms. The number of piperidine rings is 1. The van der Waals surface area contributed by atoms with Crippen molar-refractivity contribution in [1.29, 1.82) is 0 Å². The van der Waals surface area contributed by atoms with Crippen LogP contribution in [0.15, 0.2) is 4.99 Å². The van der Waals surface area contributed by atoms with Crippen LogP contribution < -0.4 is 5.32 Å². The Balaban J connectivity index is 0.00000243. The Kier molecular flexibility index (Phi) is 9.40. The highest BCUT2D eigenvalue weighted by Gasteiger charge is 2.42. The van der Waals surface area contributed by atoms with Gasteiger partial charge >= 0.3 is 0 Å². The summed E-state index contributed by atoms with van der Waals surface area (Å²) in [4.78, 5) is 7.14. The molecule has 2 N–H and O–H groups in total. The van der Waals surface area contributed by atoms with Crippen LogP contribution in [0.4, 0.5) is 0 Å². The smallest absolute Gasteiger partial charge is 0.193 e. The minimum absolute atomic E-state index is 0. The quantitative estimate of drug-likeness (QED) is 0.332. The zero-order valence-electron chi connectivity index (χ0n) is 16.1. The number of rotatable bonds is 7. The lowest BCUT2D eigenvalue weighted by atomic mass is 10.1. The predicted molar refractivity (Wildman–Crippen MR) is 114 cm³/mol. The van der Waals surface area contributed by atoms with Gasteiger partial charge in [-0.3, -0.25) is 4.99 Å². The minimum Gasteiger partial charge on any atom is -0.396 e. The minimum atomic E-state index is 0. The highest BCUT2D eigenvalue weighted by molar-refractivity contribution is 14.0. The van der Waals surface area contributed by atoms with E-state index >= 15 is 0 Å². The van der Waals surface area contributed by atoms with E-state index in [2.05, 4.69) is 17.1 Å². The number of aliphatic hydroxyl groups excluding tert-OH is 1. The maximum atomic E-state index is 9.48. The summed E-state index contributed by atoms with van der Waals surface area (Å²) in [7, 11) is 0. The Morgan fingerprint density at radius 1 is 1.27 bits per heavy atom. The monoisotopic (exact) mass is 481 g/mol. The van der Waals surface area contributed by atoms with Gasteiger partial charge < -0.3 is 24.8 Å². The summed E-state index contributed by atoms with van der Waals surface area (Å²) < 4.78 is 11.9. The lowest BCUT2D eigenvalue weighted by Crippen LogP contribution is -2.47. The third kappa shape index (κ3) is 6.49. The van der Waals surface area contributed by atoms with Gasteiger partial charge in [-0.25, -0.2) is 0 Å². The number of likely N-dealkylation sites (tertiary alicyclic amines) is 1. The SMILES string of the molecule is CCNC(=NCC1(CO)CC1)N1CCC(OCC2CCCCO2)CC1.I. The van der Waals surface area contributed by atoms with E-state index in [-0.39, 0.29) is 36.0 Å². The van der Waals surface area contributed by atoms with Crippen molar-refractivity contribution in [3.8, 4) is 0 Å². The van der Waals surface area contributed by atoms with Gasteiger partial charge in [-0.05, 0) is 51.9 Å². The topological polar surface area (TPSA) is 66.3 Å². The van der Waals surface area contributed by atoms with Crippen LogP contribution >= 0.6 is 24.0 Å². The molecular weight excluding hydrogens is 445 g/mol. The average Bonchev–Trinajstić information content (AvgIpc) is 3.45. The van der Waals surface area contributed by atoms with E-state index in [0.717, 1.165) is 77.5 Å². The molecule has 0 amide bonds. The van der Waals surface area contributed by atoms with E-state index in [1.165, 1.54) is 12.8 Å². The molecular formula is C19H36IN3O3. The third-order valence-corrected chi connectivity index (χ3v) is 5.72. The second-order valence-electron chi connectivity index (χ2n) is 7.84. The number of aliphatic imine (C=N–C) groups is 1. The fourth-order valence-electron chi connectivity index (χ4n) is 3.63. The van der Waals surface area contributed by atoms with Crippen LogP contribution in [0.25, 0.3) is 0 Å². The highest BCUT2D eigenvalue weighted by atomic mass is 127. The first-order valence-electron chi connectivity index (χ1n) is 10.1. The van der Waals surface area contributed by atoms with Crippen LogP contribution in [-0.4, -0.2) is 74.2 Å². The number of aliphatic hydroxyl groups is 1. The van der Waals surface area contributed by atoms with Crippen LogP contribution in [0, 0.1) is 5.41 Å². The first-order chi connectivity index (χ1) is 12.2. The van der Waals surface area contributed by atoms with E-state index in [4.69, 9.17) is 14.5 Å². The Labute approximate surface area is 175 Å². The van der Waals surface area contributed by atoms with Crippen molar-refractivity contribution in [3.63, 3.8) is 0 Å². The normalized spacial score (nSPS) is 26.3. The van der Waals surface area contributed by atoms with Gasteiger partial charge in [-0.1, -0.05) is 0 Å². The molecule has 0 radical (unpaired) electrons. The van der Waals surface area contributed by atoms with Crippen molar-refractivity contribution in [3.05, 3.63) is 0 Å². The van der Waals surface area contributed by atoms with Crippen molar-refractivity contribution >= 4 is 29.9 Å². The molecule has 1 saturated carbocycles. The average molecular weight is 481 g/mol. The second kappa shape index (κ2) is 11.0. The molecule has 6 nitrogen and oxygen atoms in total. The van der Waals surface area contributed by atoms with Gasteiger partial charge in [-0.15, -0.1) is 24.0 Å². The van der Waals surface area contributed by atoms with Crippen LogP contribution in [0.5, 0.6) is 0 Å². The maximum Gasteiger partial charge on any atom is 0.193 e. The molecule has 1 unspecified atom stereocenters. The van der Waals surface area contributed by atoms with Crippen molar-refractivity contribution in [1.82, 2.24) is 10.2 Å². The highest BCUT2D eigenvalue weighted by Crippen LogP contribution is 2.45. The molecule has 7 heteroatoms. The van der Waals surface area contributed by atoms with Crippen molar-refractivity contribution in [2.45, 2.75) is 64.1 Å². The van der Waals surface area contributed by atoms with Crippen molar-refractivity contribution < 1.29 is 14.6 Å². The van der Waals surface area contributed by atoms with Gasteiger partial charge in [0.2, 0.25) is 0 Å². The van der Waals surface area contributed by atoms with Gasteiger partial charge in [0.1, 0.15) is 0 Å². The lowest BCUT2D eigenvalue weighted by Gasteiger charge is -2.35. The molecule has 0 aromatic carbocycles. The molecule has 1 aliphatic carbocycles. The zero-order chi connectivity index (χ0) is 17.5. The van der Waals surface area contributed by atoms with Gasteiger partial charge in [0.05, 0.1) is 32.0 Å². The Morgan fingerprint density at radius 2 is 2.04 bits per heavy atom. The maximum absolute atomic E-state index is 9.48. The first kappa shape index (κ1) is 22.2. The molecule has 2 saturated heterocycles. The molecule has 0 spiro atoms. The predicted octanol–water partition coefficient (Wildman–Crippen LogP) is 2.39.